The third-order valence-corrected chi connectivity index (χ3v) is 5.17. The first-order valence-electron chi connectivity index (χ1n) is 9.93. The maximum absolute atomic E-state index is 13.2. The van der Waals surface area contributed by atoms with Crippen molar-refractivity contribution in [2.24, 2.45) is 0 Å². The van der Waals surface area contributed by atoms with E-state index in [4.69, 9.17) is 0 Å². The molecule has 1 aliphatic rings. The molecule has 3 aromatic rings. The topological polar surface area (TPSA) is 53.5 Å². The van der Waals surface area contributed by atoms with Crippen molar-refractivity contribution in [3.05, 3.63) is 89.7 Å². The molecule has 1 aliphatic heterocycles. The molecule has 4 rings (SSSR count). The van der Waals surface area contributed by atoms with E-state index in [-0.39, 0.29) is 23.2 Å². The number of hydrogen-bond donors (Lipinski definition) is 0. The van der Waals surface area contributed by atoms with Crippen LogP contribution in [-0.4, -0.2) is 29.9 Å². The minimum absolute atomic E-state index is 0.172. The molecule has 2 aromatic carbocycles. The summed E-state index contributed by atoms with van der Waals surface area (Å²) in [4.78, 5) is 34.1. The Morgan fingerprint density at radius 1 is 0.931 bits per heavy atom. The molecular formula is C24H23N3O2. The highest BCUT2D eigenvalue weighted by atomic mass is 16.2. The Bertz CT molecular complexity index is 1030. The van der Waals surface area contributed by atoms with E-state index in [2.05, 4.69) is 11.1 Å². The zero-order valence-corrected chi connectivity index (χ0v) is 16.4. The lowest BCUT2D eigenvalue weighted by molar-refractivity contribution is 0.0977. The second kappa shape index (κ2) is 8.27. The van der Waals surface area contributed by atoms with E-state index >= 15 is 0 Å². The van der Waals surface area contributed by atoms with Gasteiger partial charge in [-0.25, -0.2) is 4.98 Å². The zero-order valence-electron chi connectivity index (χ0n) is 16.4. The van der Waals surface area contributed by atoms with Crippen LogP contribution in [0.5, 0.6) is 0 Å². The van der Waals surface area contributed by atoms with Gasteiger partial charge in [-0.3, -0.25) is 9.59 Å². The number of carbonyl (C=O) groups excluding carboxylic acids is 2. The van der Waals surface area contributed by atoms with Gasteiger partial charge in [0.05, 0.1) is 0 Å². The smallest absolute Gasteiger partial charge is 0.276 e. The van der Waals surface area contributed by atoms with Crippen molar-refractivity contribution < 1.29 is 9.59 Å². The summed E-state index contributed by atoms with van der Waals surface area (Å²) in [6.07, 6.45) is 1.88. The van der Waals surface area contributed by atoms with E-state index in [1.807, 2.05) is 55.5 Å². The van der Waals surface area contributed by atoms with Crippen LogP contribution in [0.1, 0.15) is 39.9 Å². The van der Waals surface area contributed by atoms with Gasteiger partial charge in [-0.2, -0.15) is 0 Å². The highest BCUT2D eigenvalue weighted by Gasteiger charge is 2.25. The van der Waals surface area contributed by atoms with E-state index in [0.717, 1.165) is 24.2 Å². The first-order valence-corrected chi connectivity index (χ1v) is 9.93. The lowest BCUT2D eigenvalue weighted by Crippen LogP contribution is -2.36. The lowest BCUT2D eigenvalue weighted by atomic mass is 10.0. The Balaban J connectivity index is 1.62. The molecule has 0 unspecified atom stereocenters. The van der Waals surface area contributed by atoms with Crippen molar-refractivity contribution in [2.75, 3.05) is 22.9 Å². The van der Waals surface area contributed by atoms with Crippen LogP contribution in [0.25, 0.3) is 0 Å². The minimum atomic E-state index is -0.215. The van der Waals surface area contributed by atoms with Crippen molar-refractivity contribution in [2.45, 2.75) is 19.8 Å². The highest BCUT2D eigenvalue weighted by molar-refractivity contribution is 6.08. The maximum atomic E-state index is 13.2. The summed E-state index contributed by atoms with van der Waals surface area (Å²) in [7, 11) is 0. The molecule has 29 heavy (non-hydrogen) atoms. The lowest BCUT2D eigenvalue weighted by Gasteiger charge is -2.29. The van der Waals surface area contributed by atoms with Crippen LogP contribution in [-0.2, 0) is 6.42 Å². The molecule has 146 valence electrons. The summed E-state index contributed by atoms with van der Waals surface area (Å²) in [5.41, 5.74) is 3.47. The van der Waals surface area contributed by atoms with Gasteiger partial charge in [0.15, 0.2) is 0 Å². The number of fused-ring (bicyclic) bond motifs is 1. The van der Waals surface area contributed by atoms with Crippen LogP contribution in [0.2, 0.25) is 0 Å². The summed E-state index contributed by atoms with van der Waals surface area (Å²) in [5.74, 6) is -0.387. The molecular weight excluding hydrogens is 362 g/mol. The van der Waals surface area contributed by atoms with Crippen molar-refractivity contribution in [1.82, 2.24) is 4.98 Å². The fourth-order valence-corrected chi connectivity index (χ4v) is 3.75. The second-order valence-corrected chi connectivity index (χ2v) is 6.98. The van der Waals surface area contributed by atoms with Crippen molar-refractivity contribution in [3.63, 3.8) is 0 Å². The number of anilines is 2. The van der Waals surface area contributed by atoms with Gasteiger partial charge >= 0.3 is 0 Å². The van der Waals surface area contributed by atoms with E-state index in [1.165, 1.54) is 5.56 Å². The van der Waals surface area contributed by atoms with Gasteiger partial charge in [0.1, 0.15) is 11.4 Å². The first kappa shape index (κ1) is 18.9. The Kier molecular flexibility index (Phi) is 5.38. The average Bonchev–Trinajstić information content (AvgIpc) is 2.79. The van der Waals surface area contributed by atoms with E-state index < -0.39 is 0 Å². The van der Waals surface area contributed by atoms with E-state index in [0.29, 0.717) is 13.1 Å². The number of amides is 2. The molecule has 5 nitrogen and oxygen atoms in total. The van der Waals surface area contributed by atoms with Crippen molar-refractivity contribution >= 4 is 23.2 Å². The number of para-hydroxylation sites is 2. The van der Waals surface area contributed by atoms with Crippen LogP contribution in [0.3, 0.4) is 0 Å². The zero-order chi connectivity index (χ0) is 20.2. The number of aromatic nitrogens is 1. The van der Waals surface area contributed by atoms with Gasteiger partial charge in [0.25, 0.3) is 11.8 Å². The van der Waals surface area contributed by atoms with Crippen LogP contribution < -0.4 is 9.80 Å². The fourth-order valence-electron chi connectivity index (χ4n) is 3.75. The largest absolute Gasteiger partial charge is 0.307 e. The molecule has 0 N–H and O–H groups in total. The predicted octanol–water partition coefficient (Wildman–Crippen LogP) is 4.34. The number of benzene rings is 2. The van der Waals surface area contributed by atoms with E-state index in [1.54, 1.807) is 28.0 Å². The molecule has 1 aromatic heterocycles. The van der Waals surface area contributed by atoms with Crippen molar-refractivity contribution in [1.29, 1.82) is 0 Å². The highest BCUT2D eigenvalue weighted by Crippen LogP contribution is 2.28. The molecule has 0 radical (unpaired) electrons. The van der Waals surface area contributed by atoms with Gasteiger partial charge in [0.2, 0.25) is 0 Å². The van der Waals surface area contributed by atoms with Gasteiger partial charge in [-0.15, -0.1) is 0 Å². The molecule has 2 heterocycles. The minimum Gasteiger partial charge on any atom is -0.307 e. The molecule has 0 aliphatic carbocycles. The Morgan fingerprint density at radius 2 is 1.66 bits per heavy atom. The fraction of sp³-hybridized carbons (Fsp3) is 0.208. The molecule has 0 atom stereocenters. The normalized spacial score (nSPS) is 12.9. The number of rotatable bonds is 4. The summed E-state index contributed by atoms with van der Waals surface area (Å²) in [5, 5.41) is 0. The van der Waals surface area contributed by atoms with Gasteiger partial charge in [0, 0.05) is 24.5 Å². The Labute approximate surface area is 170 Å². The molecule has 0 fully saturated rings. The average molecular weight is 385 g/mol. The van der Waals surface area contributed by atoms with Gasteiger partial charge in [-0.1, -0.05) is 42.5 Å². The van der Waals surface area contributed by atoms with E-state index in [9.17, 15) is 9.59 Å². The summed E-state index contributed by atoms with van der Waals surface area (Å²) >= 11 is 0. The van der Waals surface area contributed by atoms with Crippen LogP contribution in [0.4, 0.5) is 11.4 Å². The standard InChI is InChI=1S/C24H23N3O2/c1-2-26(19-12-4-3-5-13-19)23(28)20-14-8-15-21(25-20)24(29)27-17-9-11-18-10-6-7-16-22(18)27/h3-8,10,12-16H,2,9,11,17H2,1H3. The van der Waals surface area contributed by atoms with Crippen LogP contribution in [0, 0.1) is 0 Å². The van der Waals surface area contributed by atoms with Gasteiger partial charge in [-0.05, 0) is 55.7 Å². The number of pyridine rings is 1. The SMILES string of the molecule is CCN(C(=O)c1cccc(C(=O)N2CCCc3ccccc32)n1)c1ccccc1. The molecule has 0 saturated heterocycles. The summed E-state index contributed by atoms with van der Waals surface area (Å²) in [6, 6.07) is 22.5. The first-order chi connectivity index (χ1) is 14.2. The maximum Gasteiger partial charge on any atom is 0.276 e. The number of carbonyl (C=O) groups is 2. The van der Waals surface area contributed by atoms with Crippen LogP contribution >= 0.6 is 0 Å². The third kappa shape index (κ3) is 3.76. The molecule has 0 bridgehead atoms. The monoisotopic (exact) mass is 385 g/mol. The number of nitrogens with zero attached hydrogens (tertiary/aromatic N) is 3. The Morgan fingerprint density at radius 3 is 2.45 bits per heavy atom. The predicted molar refractivity (Wildman–Crippen MR) is 114 cm³/mol. The molecule has 2 amide bonds. The molecule has 0 spiro atoms. The third-order valence-electron chi connectivity index (χ3n) is 5.17. The van der Waals surface area contributed by atoms with Gasteiger partial charge < -0.3 is 9.80 Å². The number of hydrogen-bond acceptors (Lipinski definition) is 3. The quantitative estimate of drug-likeness (QED) is 0.671. The summed E-state index contributed by atoms with van der Waals surface area (Å²) < 4.78 is 0. The second-order valence-electron chi connectivity index (χ2n) is 6.98. The number of aryl methyl sites for hydroxylation is 1. The van der Waals surface area contributed by atoms with Crippen molar-refractivity contribution in [3.8, 4) is 0 Å². The summed E-state index contributed by atoms with van der Waals surface area (Å²) in [6.45, 7) is 3.09. The molecule has 0 saturated carbocycles. The van der Waals surface area contributed by atoms with Crippen LogP contribution in [0.15, 0.2) is 72.8 Å². The molecule has 5 heteroatoms. The Hall–Kier alpha value is -3.47.